The maximum absolute atomic E-state index is 13.5. The van der Waals surface area contributed by atoms with E-state index in [1.54, 1.807) is 13.0 Å². The van der Waals surface area contributed by atoms with E-state index in [0.29, 0.717) is 28.6 Å². The Morgan fingerprint density at radius 1 is 1.36 bits per heavy atom. The molecule has 0 aliphatic carbocycles. The van der Waals surface area contributed by atoms with E-state index >= 15 is 0 Å². The van der Waals surface area contributed by atoms with Crippen LogP contribution in [0.2, 0.25) is 0 Å². The van der Waals surface area contributed by atoms with E-state index < -0.39 is 17.5 Å². The van der Waals surface area contributed by atoms with E-state index in [9.17, 15) is 13.6 Å². The third-order valence-electron chi connectivity index (χ3n) is 4.87. The zero-order valence-corrected chi connectivity index (χ0v) is 15.8. The van der Waals surface area contributed by atoms with Crippen LogP contribution in [0.4, 0.5) is 14.5 Å². The Morgan fingerprint density at radius 3 is 2.89 bits per heavy atom. The normalized spacial score (nSPS) is 18.8. The van der Waals surface area contributed by atoms with Crippen LogP contribution in [0.25, 0.3) is 0 Å². The van der Waals surface area contributed by atoms with Crippen LogP contribution in [0.1, 0.15) is 39.2 Å². The van der Waals surface area contributed by atoms with Gasteiger partial charge in [0.2, 0.25) is 0 Å². The lowest BCUT2D eigenvalue weighted by Gasteiger charge is -2.18. The summed E-state index contributed by atoms with van der Waals surface area (Å²) in [4.78, 5) is 16.5. The third kappa shape index (κ3) is 3.32. The average molecular weight is 388 g/mol. The lowest BCUT2D eigenvalue weighted by molar-refractivity contribution is -0.121. The molecule has 4 rings (SSSR count). The Kier molecular flexibility index (Phi) is 4.33. The molecule has 148 valence electrons. The molecule has 0 spiro atoms. The monoisotopic (exact) mass is 388 g/mol. The fraction of sp³-hybridized carbons (Fsp3) is 0.333. The maximum atomic E-state index is 13.5. The number of amidine groups is 1. The smallest absolute Gasteiger partial charge is 0.263 e. The first kappa shape index (κ1) is 18.4. The number of amides is 1. The molecule has 1 unspecified atom stereocenters. The number of hydrogen-bond donors (Lipinski definition) is 1. The Hall–Kier alpha value is -2.96. The van der Waals surface area contributed by atoms with Gasteiger partial charge in [0.25, 0.3) is 5.91 Å². The van der Waals surface area contributed by atoms with Crippen molar-refractivity contribution in [2.24, 2.45) is 4.99 Å². The summed E-state index contributed by atoms with van der Waals surface area (Å²) in [5.74, 6) is -1.15. The van der Waals surface area contributed by atoms with Gasteiger partial charge in [-0.1, -0.05) is 19.1 Å². The molecule has 2 aliphatic rings. The van der Waals surface area contributed by atoms with Crippen LogP contribution in [0.5, 0.6) is 11.5 Å². The second kappa shape index (κ2) is 6.58. The predicted molar refractivity (Wildman–Crippen MR) is 102 cm³/mol. The van der Waals surface area contributed by atoms with Gasteiger partial charge < -0.3 is 14.8 Å². The summed E-state index contributed by atoms with van der Waals surface area (Å²) >= 11 is 0. The van der Waals surface area contributed by atoms with Crippen LogP contribution in [-0.2, 0) is 11.2 Å². The maximum Gasteiger partial charge on any atom is 0.263 e. The number of carbonyl (C=O) groups excluding carboxylic acids is 1. The number of benzene rings is 2. The number of aliphatic imine (C=N–C) groups is 1. The highest BCUT2D eigenvalue weighted by Crippen LogP contribution is 2.41. The lowest BCUT2D eigenvalue weighted by Crippen LogP contribution is -2.35. The van der Waals surface area contributed by atoms with Crippen LogP contribution >= 0.6 is 0 Å². The highest BCUT2D eigenvalue weighted by molar-refractivity contribution is 6.05. The zero-order valence-electron chi connectivity index (χ0n) is 15.8. The molecule has 2 heterocycles. The second-order valence-corrected chi connectivity index (χ2v) is 7.66. The second-order valence-electron chi connectivity index (χ2n) is 7.66. The van der Waals surface area contributed by atoms with E-state index in [0.717, 1.165) is 24.1 Å². The van der Waals surface area contributed by atoms with E-state index in [-0.39, 0.29) is 19.6 Å². The fourth-order valence-electron chi connectivity index (χ4n) is 3.53. The van der Waals surface area contributed by atoms with Crippen LogP contribution in [-0.4, -0.2) is 24.0 Å². The molecule has 1 amide bonds. The molecular weight excluding hydrogens is 366 g/mol. The van der Waals surface area contributed by atoms with E-state index in [1.165, 1.54) is 0 Å². The van der Waals surface area contributed by atoms with Crippen LogP contribution < -0.4 is 14.8 Å². The number of nitrogens with zero attached hydrogens (tertiary/aromatic N) is 1. The number of para-hydroxylation sites is 1. The van der Waals surface area contributed by atoms with Crippen LogP contribution in [0.15, 0.2) is 35.3 Å². The number of halogens is 2. The summed E-state index contributed by atoms with van der Waals surface area (Å²) in [6, 6.07) is 7.73. The molecule has 1 atom stereocenters. The van der Waals surface area contributed by atoms with Gasteiger partial charge >= 0.3 is 0 Å². The molecular formula is C21H22F2N2O3. The van der Waals surface area contributed by atoms with Crippen molar-refractivity contribution in [2.75, 3.05) is 6.61 Å². The number of nitrogens with one attached hydrogen (secondary N) is 1. The van der Waals surface area contributed by atoms with Gasteiger partial charge in [0.15, 0.2) is 29.7 Å². The van der Waals surface area contributed by atoms with Gasteiger partial charge in [0.05, 0.1) is 5.69 Å². The first-order valence-electron chi connectivity index (χ1n) is 9.04. The number of carbonyl (C=O) groups is 1. The lowest BCUT2D eigenvalue weighted by atomic mass is 10.0. The van der Waals surface area contributed by atoms with E-state index in [1.807, 2.05) is 26.0 Å². The van der Waals surface area contributed by atoms with Crippen molar-refractivity contribution < 1.29 is 24.5 Å². The number of ether oxygens (including phenoxy) is 2. The minimum atomic E-state index is -0.966. The van der Waals surface area contributed by atoms with Crippen molar-refractivity contribution >= 4 is 17.4 Å². The summed E-state index contributed by atoms with van der Waals surface area (Å²) in [6.07, 6.45) is 0.769. The molecule has 0 saturated heterocycles. The predicted octanol–water partition coefficient (Wildman–Crippen LogP) is 4.27. The SMILES string of the molecule is CC1C(NC(=O)COc2cccc3c2OC(C)(C)C3)=Nc2cc(F)c(F)cc21.[HH]. The van der Waals surface area contributed by atoms with Crippen molar-refractivity contribution in [1.82, 2.24) is 5.32 Å². The van der Waals surface area contributed by atoms with Gasteiger partial charge in [-0.3, -0.25) is 4.79 Å². The van der Waals surface area contributed by atoms with Crippen molar-refractivity contribution in [3.8, 4) is 11.5 Å². The van der Waals surface area contributed by atoms with E-state index in [4.69, 9.17) is 9.47 Å². The molecule has 0 fully saturated rings. The quantitative estimate of drug-likeness (QED) is 0.854. The number of fused-ring (bicyclic) bond motifs is 2. The topological polar surface area (TPSA) is 59.9 Å². The summed E-state index contributed by atoms with van der Waals surface area (Å²) < 4.78 is 38.4. The third-order valence-corrected chi connectivity index (χ3v) is 4.87. The molecule has 0 saturated carbocycles. The Bertz CT molecular complexity index is 1010. The molecule has 0 radical (unpaired) electrons. The highest BCUT2D eigenvalue weighted by Gasteiger charge is 2.32. The van der Waals surface area contributed by atoms with Gasteiger partial charge in [-0.25, -0.2) is 13.8 Å². The Balaban J connectivity index is 0.00000240. The van der Waals surface area contributed by atoms with Gasteiger partial charge in [-0.2, -0.15) is 0 Å². The Morgan fingerprint density at radius 2 is 2.11 bits per heavy atom. The standard InChI is InChI=1S/C21H20F2N2O3.H2/c1-11-13-7-14(22)15(23)8-16(13)24-20(11)25-18(26)10-27-17-6-4-5-12-9-21(2,3)28-19(12)17;/h4-8,11H,9-10H2,1-3H3,(H,24,25,26);1H. The molecule has 28 heavy (non-hydrogen) atoms. The van der Waals surface area contributed by atoms with Crippen molar-refractivity contribution in [2.45, 2.75) is 38.7 Å². The molecule has 5 nitrogen and oxygen atoms in total. The van der Waals surface area contributed by atoms with E-state index in [2.05, 4.69) is 10.3 Å². The first-order valence-corrected chi connectivity index (χ1v) is 9.04. The molecule has 1 N–H and O–H groups in total. The summed E-state index contributed by atoms with van der Waals surface area (Å²) in [6.45, 7) is 5.52. The molecule has 7 heteroatoms. The summed E-state index contributed by atoms with van der Waals surface area (Å²) in [7, 11) is 0. The summed E-state index contributed by atoms with van der Waals surface area (Å²) in [5.41, 5.74) is 1.58. The van der Waals surface area contributed by atoms with Crippen LogP contribution in [0, 0.1) is 11.6 Å². The van der Waals surface area contributed by atoms with Crippen molar-refractivity contribution in [1.29, 1.82) is 0 Å². The minimum absolute atomic E-state index is 0. The number of rotatable bonds is 3. The molecule has 0 aromatic heterocycles. The Labute approximate surface area is 162 Å². The molecule has 2 aliphatic heterocycles. The van der Waals surface area contributed by atoms with Crippen molar-refractivity contribution in [3.05, 3.63) is 53.1 Å². The molecule has 2 aromatic carbocycles. The first-order chi connectivity index (χ1) is 13.2. The zero-order chi connectivity index (χ0) is 20.1. The van der Waals surface area contributed by atoms with Gasteiger partial charge in [-0.15, -0.1) is 0 Å². The molecule has 0 bridgehead atoms. The minimum Gasteiger partial charge on any atom is -0.483 e. The largest absolute Gasteiger partial charge is 0.483 e. The highest BCUT2D eigenvalue weighted by atomic mass is 19.2. The fourth-order valence-corrected chi connectivity index (χ4v) is 3.53. The number of hydrogen-bond acceptors (Lipinski definition) is 4. The summed E-state index contributed by atoms with van der Waals surface area (Å²) in [5, 5.41) is 2.67. The van der Waals surface area contributed by atoms with Crippen molar-refractivity contribution in [3.63, 3.8) is 0 Å². The van der Waals surface area contributed by atoms with Crippen LogP contribution in [0.3, 0.4) is 0 Å². The average Bonchev–Trinajstić information content (AvgIpc) is 3.09. The van der Waals surface area contributed by atoms with Gasteiger partial charge in [-0.05, 0) is 31.5 Å². The van der Waals surface area contributed by atoms with Gasteiger partial charge in [0, 0.05) is 25.4 Å². The van der Waals surface area contributed by atoms with Gasteiger partial charge in [0.1, 0.15) is 11.4 Å². The molecule has 2 aromatic rings.